The summed E-state index contributed by atoms with van der Waals surface area (Å²) in [6.45, 7) is 7.13. The molecule has 0 saturated heterocycles. The summed E-state index contributed by atoms with van der Waals surface area (Å²) in [7, 11) is 0. The topological polar surface area (TPSA) is 49.8 Å². The maximum Gasteiger partial charge on any atom is 0.134 e. The van der Waals surface area contributed by atoms with Gasteiger partial charge in [0.25, 0.3) is 0 Å². The van der Waals surface area contributed by atoms with Crippen LogP contribution in [0.4, 0.5) is 11.6 Å². The van der Waals surface area contributed by atoms with Gasteiger partial charge in [0, 0.05) is 12.1 Å². The van der Waals surface area contributed by atoms with Crippen molar-refractivity contribution in [2.45, 2.75) is 33.2 Å². The van der Waals surface area contributed by atoms with Crippen molar-refractivity contribution < 1.29 is 0 Å². The van der Waals surface area contributed by atoms with Gasteiger partial charge in [-0.2, -0.15) is 0 Å². The molecule has 1 heterocycles. The fraction of sp³-hybridized carbons (Fsp3) is 0.375. The molecule has 2 rings (SSSR count). The number of hydrogen-bond donors (Lipinski definition) is 2. The first-order valence-electron chi connectivity index (χ1n) is 7.13. The molecule has 0 spiro atoms. The van der Waals surface area contributed by atoms with Crippen LogP contribution in [0.5, 0.6) is 0 Å². The standard InChI is InChI=1S/C16H22N4/c1-4-14(13-9-7-6-8-10-13)20-16-12(3)15(17-5-2)18-11-19-16/h6-11,14H,4-5H2,1-3H3,(H2,17,18,19,20). The molecule has 106 valence electrons. The molecule has 0 saturated carbocycles. The molecule has 4 nitrogen and oxygen atoms in total. The maximum atomic E-state index is 4.37. The molecule has 2 aromatic rings. The Morgan fingerprint density at radius 3 is 2.40 bits per heavy atom. The normalized spacial score (nSPS) is 11.9. The minimum Gasteiger partial charge on any atom is -0.370 e. The molecule has 1 aromatic heterocycles. The van der Waals surface area contributed by atoms with Gasteiger partial charge in [0.15, 0.2) is 0 Å². The van der Waals surface area contributed by atoms with Crippen molar-refractivity contribution in [3.8, 4) is 0 Å². The van der Waals surface area contributed by atoms with Crippen LogP contribution in [0, 0.1) is 6.92 Å². The molecule has 2 N–H and O–H groups in total. The number of rotatable bonds is 6. The maximum absolute atomic E-state index is 4.37. The van der Waals surface area contributed by atoms with Crippen molar-refractivity contribution in [1.29, 1.82) is 0 Å². The summed E-state index contributed by atoms with van der Waals surface area (Å²) in [4.78, 5) is 8.64. The highest BCUT2D eigenvalue weighted by Crippen LogP contribution is 2.25. The van der Waals surface area contributed by atoms with Crippen molar-refractivity contribution in [2.75, 3.05) is 17.2 Å². The van der Waals surface area contributed by atoms with Gasteiger partial charge in [-0.1, -0.05) is 37.3 Å². The first kappa shape index (κ1) is 14.3. The molecular weight excluding hydrogens is 248 g/mol. The third-order valence-electron chi connectivity index (χ3n) is 3.35. The van der Waals surface area contributed by atoms with Crippen LogP contribution in [0.15, 0.2) is 36.7 Å². The molecule has 0 bridgehead atoms. The van der Waals surface area contributed by atoms with Crippen LogP contribution >= 0.6 is 0 Å². The van der Waals surface area contributed by atoms with Crippen molar-refractivity contribution in [3.63, 3.8) is 0 Å². The van der Waals surface area contributed by atoms with E-state index in [9.17, 15) is 0 Å². The van der Waals surface area contributed by atoms with E-state index in [1.807, 2.05) is 13.0 Å². The second kappa shape index (κ2) is 6.89. The van der Waals surface area contributed by atoms with Crippen molar-refractivity contribution in [1.82, 2.24) is 9.97 Å². The van der Waals surface area contributed by atoms with E-state index in [0.717, 1.165) is 30.2 Å². The molecule has 1 atom stereocenters. The van der Waals surface area contributed by atoms with Crippen LogP contribution in [-0.2, 0) is 0 Å². The Morgan fingerprint density at radius 2 is 1.75 bits per heavy atom. The predicted octanol–water partition coefficient (Wildman–Crippen LogP) is 3.78. The SMILES string of the molecule is CCNc1ncnc(NC(CC)c2ccccc2)c1C. The Morgan fingerprint density at radius 1 is 1.05 bits per heavy atom. The molecule has 0 aliphatic heterocycles. The van der Waals surface area contributed by atoms with Gasteiger partial charge in [-0.3, -0.25) is 0 Å². The van der Waals surface area contributed by atoms with Crippen LogP contribution < -0.4 is 10.6 Å². The average Bonchev–Trinajstić information content (AvgIpc) is 2.49. The first-order chi connectivity index (χ1) is 9.76. The number of aromatic nitrogens is 2. The predicted molar refractivity (Wildman–Crippen MR) is 84.0 cm³/mol. The number of nitrogens with one attached hydrogen (secondary N) is 2. The van der Waals surface area contributed by atoms with Gasteiger partial charge in [0.05, 0.1) is 6.04 Å². The Kier molecular flexibility index (Phi) is 4.93. The van der Waals surface area contributed by atoms with E-state index in [-0.39, 0.29) is 6.04 Å². The van der Waals surface area contributed by atoms with Gasteiger partial charge in [0.2, 0.25) is 0 Å². The highest BCUT2D eigenvalue weighted by atomic mass is 15.1. The summed E-state index contributed by atoms with van der Waals surface area (Å²) >= 11 is 0. The molecule has 4 heteroatoms. The van der Waals surface area contributed by atoms with E-state index in [0.29, 0.717) is 0 Å². The fourth-order valence-electron chi connectivity index (χ4n) is 2.21. The highest BCUT2D eigenvalue weighted by Gasteiger charge is 2.12. The van der Waals surface area contributed by atoms with Gasteiger partial charge in [0.1, 0.15) is 18.0 Å². The molecule has 20 heavy (non-hydrogen) atoms. The lowest BCUT2D eigenvalue weighted by atomic mass is 10.0. The second-order valence-corrected chi connectivity index (χ2v) is 4.74. The summed E-state index contributed by atoms with van der Waals surface area (Å²) in [6, 6.07) is 10.7. The lowest BCUT2D eigenvalue weighted by Crippen LogP contribution is -2.13. The van der Waals surface area contributed by atoms with Crippen molar-refractivity contribution in [2.24, 2.45) is 0 Å². The summed E-state index contributed by atoms with van der Waals surface area (Å²) in [5, 5.41) is 6.78. The smallest absolute Gasteiger partial charge is 0.134 e. The Hall–Kier alpha value is -2.10. The quantitative estimate of drug-likeness (QED) is 0.838. The van der Waals surface area contributed by atoms with E-state index in [2.05, 4.69) is 58.7 Å². The van der Waals surface area contributed by atoms with Gasteiger partial charge in [-0.05, 0) is 25.8 Å². The van der Waals surface area contributed by atoms with E-state index in [4.69, 9.17) is 0 Å². The lowest BCUT2D eigenvalue weighted by Gasteiger charge is -2.20. The molecule has 1 aromatic carbocycles. The largest absolute Gasteiger partial charge is 0.370 e. The summed E-state index contributed by atoms with van der Waals surface area (Å²) in [6.07, 6.45) is 2.61. The Bertz CT molecular complexity index is 539. The van der Waals surface area contributed by atoms with Gasteiger partial charge < -0.3 is 10.6 Å². The minimum atomic E-state index is 0.263. The van der Waals surface area contributed by atoms with Crippen LogP contribution in [0.2, 0.25) is 0 Å². The zero-order valence-electron chi connectivity index (χ0n) is 12.4. The molecule has 0 amide bonds. The zero-order chi connectivity index (χ0) is 14.4. The monoisotopic (exact) mass is 270 g/mol. The summed E-state index contributed by atoms with van der Waals surface area (Å²) in [5.74, 6) is 1.79. The van der Waals surface area contributed by atoms with E-state index >= 15 is 0 Å². The average molecular weight is 270 g/mol. The number of hydrogen-bond acceptors (Lipinski definition) is 4. The fourth-order valence-corrected chi connectivity index (χ4v) is 2.21. The Balaban J connectivity index is 2.22. The highest BCUT2D eigenvalue weighted by molar-refractivity contribution is 5.57. The Labute approximate surface area is 120 Å². The molecule has 0 radical (unpaired) electrons. The third kappa shape index (κ3) is 3.26. The number of benzene rings is 1. The molecule has 1 unspecified atom stereocenters. The van der Waals surface area contributed by atoms with Crippen molar-refractivity contribution in [3.05, 3.63) is 47.8 Å². The van der Waals surface area contributed by atoms with E-state index < -0.39 is 0 Å². The first-order valence-corrected chi connectivity index (χ1v) is 7.13. The minimum absolute atomic E-state index is 0.263. The molecule has 0 aliphatic rings. The summed E-state index contributed by atoms with van der Waals surface area (Å²) in [5.41, 5.74) is 2.33. The van der Waals surface area contributed by atoms with Crippen LogP contribution in [0.3, 0.4) is 0 Å². The van der Waals surface area contributed by atoms with Gasteiger partial charge >= 0.3 is 0 Å². The van der Waals surface area contributed by atoms with Gasteiger partial charge in [-0.25, -0.2) is 9.97 Å². The van der Waals surface area contributed by atoms with Gasteiger partial charge in [-0.15, -0.1) is 0 Å². The van der Waals surface area contributed by atoms with Crippen LogP contribution in [0.25, 0.3) is 0 Å². The number of anilines is 2. The number of nitrogens with zero attached hydrogens (tertiary/aromatic N) is 2. The van der Waals surface area contributed by atoms with E-state index in [1.165, 1.54) is 5.56 Å². The second-order valence-electron chi connectivity index (χ2n) is 4.74. The lowest BCUT2D eigenvalue weighted by molar-refractivity contribution is 0.742. The van der Waals surface area contributed by atoms with Crippen molar-refractivity contribution >= 4 is 11.6 Å². The molecular formula is C16H22N4. The van der Waals surface area contributed by atoms with Crippen LogP contribution in [0.1, 0.15) is 37.4 Å². The van der Waals surface area contributed by atoms with Crippen LogP contribution in [-0.4, -0.2) is 16.5 Å². The molecule has 0 aliphatic carbocycles. The van der Waals surface area contributed by atoms with E-state index in [1.54, 1.807) is 6.33 Å². The third-order valence-corrected chi connectivity index (χ3v) is 3.35. The zero-order valence-corrected chi connectivity index (χ0v) is 12.4. The summed E-state index contributed by atoms with van der Waals surface area (Å²) < 4.78 is 0. The molecule has 0 fully saturated rings.